The van der Waals surface area contributed by atoms with Crippen molar-refractivity contribution in [1.29, 1.82) is 0 Å². The first-order valence-corrected chi connectivity index (χ1v) is 14.0. The SMILES string of the molecule is C[C@@H]1CN(CC(=O)N2CC(C)(C)c3ncc(Cc4ccc(F)cc4)cc32)[C@@H](CN2C[C@H](C)N(C)CC2=O)CN1.Cl.Cl. The maximum Gasteiger partial charge on any atom is 0.241 e. The van der Waals surface area contributed by atoms with Gasteiger partial charge in [-0.3, -0.25) is 24.4 Å². The van der Waals surface area contributed by atoms with E-state index in [-0.39, 0.29) is 59.9 Å². The quantitative estimate of drug-likeness (QED) is 0.543. The van der Waals surface area contributed by atoms with Crippen LogP contribution in [-0.2, 0) is 21.4 Å². The van der Waals surface area contributed by atoms with Crippen molar-refractivity contribution >= 4 is 42.3 Å². The molecule has 11 heteroatoms. The molecule has 0 radical (unpaired) electrons. The lowest BCUT2D eigenvalue weighted by molar-refractivity contribution is -0.138. The molecular formula is C30H43Cl2FN6O2. The topological polar surface area (TPSA) is 72.0 Å². The Morgan fingerprint density at radius 1 is 1.12 bits per heavy atom. The number of pyridine rings is 1. The average molecular weight is 610 g/mol. The van der Waals surface area contributed by atoms with Gasteiger partial charge in [-0.05, 0) is 56.6 Å². The molecule has 1 N–H and O–H groups in total. The van der Waals surface area contributed by atoms with Crippen LogP contribution in [0.1, 0.15) is 44.5 Å². The van der Waals surface area contributed by atoms with Crippen molar-refractivity contribution in [2.75, 3.05) is 57.8 Å². The zero-order valence-corrected chi connectivity index (χ0v) is 26.2. The summed E-state index contributed by atoms with van der Waals surface area (Å²) in [4.78, 5) is 39.6. The number of fused-ring (bicyclic) bond motifs is 1. The number of benzene rings is 1. The number of aromatic nitrogens is 1. The molecule has 2 aromatic rings. The summed E-state index contributed by atoms with van der Waals surface area (Å²) < 4.78 is 13.4. The highest BCUT2D eigenvalue weighted by Crippen LogP contribution is 2.39. The molecule has 1 aromatic carbocycles. The van der Waals surface area contributed by atoms with Gasteiger partial charge in [-0.2, -0.15) is 0 Å². The smallest absolute Gasteiger partial charge is 0.241 e. The van der Waals surface area contributed by atoms with E-state index in [9.17, 15) is 14.0 Å². The number of piperazine rings is 2. The number of nitrogens with one attached hydrogen (secondary N) is 1. The number of nitrogens with zero attached hydrogens (tertiary/aromatic N) is 5. The van der Waals surface area contributed by atoms with Crippen molar-refractivity contribution < 1.29 is 14.0 Å². The van der Waals surface area contributed by atoms with Crippen molar-refractivity contribution in [3.63, 3.8) is 0 Å². The van der Waals surface area contributed by atoms with E-state index in [1.54, 1.807) is 12.1 Å². The second-order valence-electron chi connectivity index (χ2n) is 12.3. The number of halogens is 3. The van der Waals surface area contributed by atoms with Gasteiger partial charge in [-0.1, -0.05) is 26.0 Å². The molecule has 0 saturated carbocycles. The monoisotopic (exact) mass is 608 g/mol. The Morgan fingerprint density at radius 2 is 1.83 bits per heavy atom. The first-order chi connectivity index (χ1) is 18.5. The normalized spacial score (nSPS) is 24.4. The molecule has 4 heterocycles. The van der Waals surface area contributed by atoms with Crippen molar-refractivity contribution in [2.24, 2.45) is 0 Å². The van der Waals surface area contributed by atoms with E-state index in [1.807, 2.05) is 23.0 Å². The summed E-state index contributed by atoms with van der Waals surface area (Å²) >= 11 is 0. The Labute approximate surface area is 255 Å². The molecule has 41 heavy (non-hydrogen) atoms. The zero-order chi connectivity index (χ0) is 27.9. The predicted octanol–water partition coefficient (Wildman–Crippen LogP) is 3.10. The minimum atomic E-state index is -0.253. The number of rotatable bonds is 6. The minimum Gasteiger partial charge on any atom is -0.338 e. The van der Waals surface area contributed by atoms with Crippen LogP contribution in [0, 0.1) is 5.82 Å². The molecule has 0 bridgehead atoms. The van der Waals surface area contributed by atoms with Gasteiger partial charge in [0.05, 0.1) is 24.5 Å². The van der Waals surface area contributed by atoms with Crippen LogP contribution in [0.15, 0.2) is 36.5 Å². The minimum absolute atomic E-state index is 0. The second-order valence-corrected chi connectivity index (χ2v) is 12.3. The van der Waals surface area contributed by atoms with Gasteiger partial charge in [-0.25, -0.2) is 4.39 Å². The molecule has 5 rings (SSSR count). The Bertz CT molecular complexity index is 1230. The van der Waals surface area contributed by atoms with Crippen LogP contribution in [-0.4, -0.2) is 102 Å². The molecule has 226 valence electrons. The zero-order valence-electron chi connectivity index (χ0n) is 24.6. The fraction of sp³-hybridized carbons (Fsp3) is 0.567. The molecule has 0 unspecified atom stereocenters. The van der Waals surface area contributed by atoms with E-state index in [0.717, 1.165) is 35.6 Å². The van der Waals surface area contributed by atoms with Gasteiger partial charge >= 0.3 is 0 Å². The lowest BCUT2D eigenvalue weighted by atomic mass is 9.91. The summed E-state index contributed by atoms with van der Waals surface area (Å²) in [6.07, 6.45) is 2.50. The van der Waals surface area contributed by atoms with Crippen LogP contribution < -0.4 is 10.2 Å². The van der Waals surface area contributed by atoms with Crippen LogP contribution in [0.4, 0.5) is 10.1 Å². The molecule has 2 fully saturated rings. The largest absolute Gasteiger partial charge is 0.338 e. The third-order valence-electron chi connectivity index (χ3n) is 8.50. The van der Waals surface area contributed by atoms with Crippen LogP contribution in [0.2, 0.25) is 0 Å². The van der Waals surface area contributed by atoms with E-state index in [4.69, 9.17) is 4.98 Å². The van der Waals surface area contributed by atoms with Crippen LogP contribution in [0.5, 0.6) is 0 Å². The van der Waals surface area contributed by atoms with Crippen molar-refractivity contribution in [3.8, 4) is 0 Å². The summed E-state index contributed by atoms with van der Waals surface area (Å²) in [5.41, 5.74) is 3.54. The van der Waals surface area contributed by atoms with Crippen molar-refractivity contribution in [2.45, 2.75) is 57.7 Å². The molecule has 2 saturated heterocycles. The average Bonchev–Trinajstić information content (AvgIpc) is 3.15. The molecule has 2 amide bonds. The van der Waals surface area contributed by atoms with Gasteiger partial charge in [-0.15, -0.1) is 24.8 Å². The van der Waals surface area contributed by atoms with Gasteiger partial charge in [0.15, 0.2) is 0 Å². The van der Waals surface area contributed by atoms with Crippen LogP contribution in [0.3, 0.4) is 0 Å². The lowest BCUT2D eigenvalue weighted by Gasteiger charge is -2.44. The first-order valence-electron chi connectivity index (χ1n) is 14.0. The predicted molar refractivity (Wildman–Crippen MR) is 165 cm³/mol. The van der Waals surface area contributed by atoms with Gasteiger partial charge in [0.25, 0.3) is 0 Å². The Balaban J connectivity index is 0.00000231. The van der Waals surface area contributed by atoms with Gasteiger partial charge in [0.2, 0.25) is 11.8 Å². The summed E-state index contributed by atoms with van der Waals surface area (Å²) in [6.45, 7) is 12.7. The van der Waals surface area contributed by atoms with Gasteiger partial charge in [0, 0.05) is 62.5 Å². The highest BCUT2D eigenvalue weighted by molar-refractivity contribution is 5.97. The summed E-state index contributed by atoms with van der Waals surface area (Å²) in [5.74, 6) is -0.0495. The summed E-state index contributed by atoms with van der Waals surface area (Å²) in [6, 6.07) is 9.23. The number of carbonyl (C=O) groups is 2. The van der Waals surface area contributed by atoms with E-state index in [2.05, 4.69) is 48.9 Å². The molecule has 3 aliphatic rings. The van der Waals surface area contributed by atoms with E-state index in [0.29, 0.717) is 45.2 Å². The molecule has 8 nitrogen and oxygen atoms in total. The number of anilines is 1. The third-order valence-corrected chi connectivity index (χ3v) is 8.50. The number of carbonyl (C=O) groups excluding carboxylic acids is 2. The molecule has 0 spiro atoms. The van der Waals surface area contributed by atoms with Crippen molar-refractivity contribution in [3.05, 3.63) is 59.2 Å². The summed E-state index contributed by atoms with van der Waals surface area (Å²) in [5, 5.41) is 3.54. The number of hydrogen-bond donors (Lipinski definition) is 1. The van der Waals surface area contributed by atoms with Crippen LogP contribution in [0.25, 0.3) is 0 Å². The third kappa shape index (κ3) is 7.38. The Hall–Kier alpha value is -2.30. The van der Waals surface area contributed by atoms with E-state index >= 15 is 0 Å². The fourth-order valence-corrected chi connectivity index (χ4v) is 6.06. The molecule has 1 aromatic heterocycles. The van der Waals surface area contributed by atoms with E-state index in [1.165, 1.54) is 12.1 Å². The van der Waals surface area contributed by atoms with Crippen LogP contribution >= 0.6 is 24.8 Å². The molecular weight excluding hydrogens is 566 g/mol. The highest BCUT2D eigenvalue weighted by Gasteiger charge is 2.41. The number of hydrogen-bond acceptors (Lipinski definition) is 6. The molecule has 3 atom stereocenters. The Morgan fingerprint density at radius 3 is 2.54 bits per heavy atom. The fourth-order valence-electron chi connectivity index (χ4n) is 6.06. The number of likely N-dealkylation sites (N-methyl/N-ethyl adjacent to an activating group) is 1. The standard InChI is InChI=1S/C30H41FN6O2.2ClH/c1-20-14-35(25(13-32-20)16-36-15-21(2)34(5)17-27(36)38)18-28(39)37-19-30(3,4)29-26(37)11-23(12-33-29)10-22-6-8-24(31)9-7-22;;/h6-9,11-12,20-21,25,32H,10,13-19H2,1-5H3;2*1H/t20-,21+,25-;;/m1../s1. The van der Waals surface area contributed by atoms with Crippen molar-refractivity contribution in [1.82, 2.24) is 25.0 Å². The molecule has 0 aliphatic carbocycles. The molecule has 3 aliphatic heterocycles. The Kier molecular flexibility index (Phi) is 10.8. The maximum absolute atomic E-state index is 13.9. The van der Waals surface area contributed by atoms with E-state index < -0.39 is 0 Å². The lowest BCUT2D eigenvalue weighted by Crippen LogP contribution is -2.63. The van der Waals surface area contributed by atoms with Gasteiger partial charge in [0.1, 0.15) is 5.82 Å². The first kappa shape index (κ1) is 33.2. The van der Waals surface area contributed by atoms with Gasteiger partial charge < -0.3 is 15.1 Å². The number of amides is 2. The maximum atomic E-state index is 13.9. The second kappa shape index (κ2) is 13.3. The highest BCUT2D eigenvalue weighted by atomic mass is 35.5. The summed E-state index contributed by atoms with van der Waals surface area (Å²) in [7, 11) is 1.99.